The van der Waals surface area contributed by atoms with E-state index in [2.05, 4.69) is 36.1 Å². The van der Waals surface area contributed by atoms with Crippen LogP contribution >= 0.6 is 0 Å². The van der Waals surface area contributed by atoms with Crippen LogP contribution in [0.4, 0.5) is 0 Å². The van der Waals surface area contributed by atoms with Crippen LogP contribution in [0.3, 0.4) is 0 Å². The molecular formula is C10H22N4. The van der Waals surface area contributed by atoms with Crippen LogP contribution in [0.25, 0.3) is 0 Å². The molecule has 2 unspecified atom stereocenters. The number of hydrazine groups is 1. The molecule has 3 N–H and O–H groups in total. The third kappa shape index (κ3) is 2.61. The highest BCUT2D eigenvalue weighted by Crippen LogP contribution is 2.21. The quantitative estimate of drug-likeness (QED) is 0.300. The Bertz CT molecular complexity index is 202. The third-order valence-corrected chi connectivity index (χ3v) is 2.67. The molecule has 0 radical (unpaired) electrons. The van der Waals surface area contributed by atoms with Gasteiger partial charge in [-0.15, -0.1) is 0 Å². The highest BCUT2D eigenvalue weighted by atomic mass is 15.4. The van der Waals surface area contributed by atoms with Crippen molar-refractivity contribution < 1.29 is 0 Å². The van der Waals surface area contributed by atoms with Crippen LogP contribution in [0.2, 0.25) is 0 Å². The Kier molecular flexibility index (Phi) is 4.20. The Balaban J connectivity index is 2.60. The fourth-order valence-electron chi connectivity index (χ4n) is 2.03. The maximum Gasteiger partial charge on any atom is 0.208 e. The summed E-state index contributed by atoms with van der Waals surface area (Å²) >= 11 is 0. The number of likely N-dealkylation sites (tertiary alicyclic amines) is 1. The van der Waals surface area contributed by atoms with Gasteiger partial charge in [0.15, 0.2) is 0 Å². The van der Waals surface area contributed by atoms with Crippen LogP contribution in [0.5, 0.6) is 0 Å². The minimum atomic E-state index is 0.552. The highest BCUT2D eigenvalue weighted by molar-refractivity contribution is 5.80. The second-order valence-electron chi connectivity index (χ2n) is 4.19. The first-order chi connectivity index (χ1) is 6.69. The Morgan fingerprint density at radius 1 is 1.57 bits per heavy atom. The van der Waals surface area contributed by atoms with Crippen molar-refractivity contribution in [3.63, 3.8) is 0 Å². The van der Waals surface area contributed by atoms with Gasteiger partial charge in [0.25, 0.3) is 0 Å². The summed E-state index contributed by atoms with van der Waals surface area (Å²) in [6.07, 6.45) is 2.29. The number of hydrogen-bond acceptors (Lipinski definition) is 2. The lowest BCUT2D eigenvalue weighted by Gasteiger charge is -2.24. The van der Waals surface area contributed by atoms with Crippen molar-refractivity contribution in [3.8, 4) is 0 Å². The minimum Gasteiger partial charge on any atom is -0.339 e. The molecule has 0 spiro atoms. The molecule has 0 aliphatic carbocycles. The summed E-state index contributed by atoms with van der Waals surface area (Å²) in [5.74, 6) is 7.07. The molecule has 0 saturated carbocycles. The predicted octanol–water partition coefficient (Wildman–Crippen LogP) is 0.946. The average Bonchev–Trinajstić information content (AvgIpc) is 2.47. The molecule has 1 saturated heterocycles. The molecule has 1 heterocycles. The molecule has 82 valence electrons. The van der Waals surface area contributed by atoms with Gasteiger partial charge in [-0.3, -0.25) is 10.4 Å². The van der Waals surface area contributed by atoms with Crippen molar-refractivity contribution in [1.29, 1.82) is 0 Å². The van der Waals surface area contributed by atoms with Gasteiger partial charge in [0.05, 0.1) is 0 Å². The molecule has 14 heavy (non-hydrogen) atoms. The number of nitrogens with zero attached hydrogens (tertiary/aromatic N) is 2. The van der Waals surface area contributed by atoms with Gasteiger partial charge < -0.3 is 4.90 Å². The smallest absolute Gasteiger partial charge is 0.208 e. The van der Waals surface area contributed by atoms with Gasteiger partial charge in [0.2, 0.25) is 5.96 Å². The van der Waals surface area contributed by atoms with Crippen LogP contribution in [0.1, 0.15) is 33.6 Å². The van der Waals surface area contributed by atoms with E-state index >= 15 is 0 Å². The van der Waals surface area contributed by atoms with Crippen molar-refractivity contribution in [2.75, 3.05) is 13.1 Å². The summed E-state index contributed by atoms with van der Waals surface area (Å²) in [6, 6.07) is 0.552. The normalized spacial score (nSPS) is 28.3. The van der Waals surface area contributed by atoms with Crippen LogP contribution in [0.15, 0.2) is 4.99 Å². The van der Waals surface area contributed by atoms with Crippen molar-refractivity contribution in [2.24, 2.45) is 16.8 Å². The summed E-state index contributed by atoms with van der Waals surface area (Å²) in [6.45, 7) is 8.52. The largest absolute Gasteiger partial charge is 0.339 e. The molecule has 0 aromatic carbocycles. The number of nitrogens with two attached hydrogens (primary N) is 1. The first-order valence-electron chi connectivity index (χ1n) is 5.46. The van der Waals surface area contributed by atoms with Crippen LogP contribution < -0.4 is 11.3 Å². The van der Waals surface area contributed by atoms with Crippen molar-refractivity contribution >= 4 is 5.96 Å². The second kappa shape index (κ2) is 5.20. The fraction of sp³-hybridized carbons (Fsp3) is 0.900. The van der Waals surface area contributed by atoms with Gasteiger partial charge in [-0.05, 0) is 25.7 Å². The summed E-state index contributed by atoms with van der Waals surface area (Å²) in [5, 5.41) is 0. The van der Waals surface area contributed by atoms with Gasteiger partial charge in [-0.2, -0.15) is 0 Å². The Hall–Kier alpha value is -0.770. The van der Waals surface area contributed by atoms with E-state index in [9.17, 15) is 0 Å². The van der Waals surface area contributed by atoms with Crippen molar-refractivity contribution in [3.05, 3.63) is 0 Å². The predicted molar refractivity (Wildman–Crippen MR) is 59.9 cm³/mol. The summed E-state index contributed by atoms with van der Waals surface area (Å²) in [7, 11) is 0. The lowest BCUT2D eigenvalue weighted by molar-refractivity contribution is 0.395. The molecule has 1 aliphatic heterocycles. The molecule has 0 bridgehead atoms. The molecule has 4 nitrogen and oxygen atoms in total. The topological polar surface area (TPSA) is 53.6 Å². The molecule has 0 aromatic rings. The second-order valence-corrected chi connectivity index (χ2v) is 4.19. The summed E-state index contributed by atoms with van der Waals surface area (Å²) in [4.78, 5) is 6.70. The summed E-state index contributed by atoms with van der Waals surface area (Å²) < 4.78 is 0. The highest BCUT2D eigenvalue weighted by Gasteiger charge is 2.28. The zero-order chi connectivity index (χ0) is 10.6. The van der Waals surface area contributed by atoms with E-state index in [0.717, 1.165) is 31.4 Å². The Morgan fingerprint density at radius 2 is 2.29 bits per heavy atom. The van der Waals surface area contributed by atoms with Crippen LogP contribution in [0, 0.1) is 5.92 Å². The molecular weight excluding hydrogens is 176 g/mol. The molecule has 4 heteroatoms. The molecule has 2 atom stereocenters. The molecule has 1 fully saturated rings. The van der Waals surface area contributed by atoms with Gasteiger partial charge in [0.1, 0.15) is 0 Å². The fourth-order valence-corrected chi connectivity index (χ4v) is 2.03. The number of nitrogens with one attached hydrogen (secondary N) is 1. The van der Waals surface area contributed by atoms with E-state index in [-0.39, 0.29) is 0 Å². The van der Waals surface area contributed by atoms with Gasteiger partial charge in [-0.25, -0.2) is 5.84 Å². The van der Waals surface area contributed by atoms with Crippen LogP contribution in [-0.2, 0) is 0 Å². The van der Waals surface area contributed by atoms with E-state index in [1.54, 1.807) is 0 Å². The van der Waals surface area contributed by atoms with E-state index in [4.69, 9.17) is 5.84 Å². The standard InChI is InChI=1S/C10H22N4/c1-4-5-12-10(13-11)14-7-8(2)6-9(14)3/h8-9H,4-7,11H2,1-3H3,(H,12,13). The zero-order valence-corrected chi connectivity index (χ0v) is 9.45. The monoisotopic (exact) mass is 198 g/mol. The maximum atomic E-state index is 5.48. The number of rotatable bonds is 2. The lowest BCUT2D eigenvalue weighted by Crippen LogP contribution is -2.46. The van der Waals surface area contributed by atoms with Gasteiger partial charge >= 0.3 is 0 Å². The SMILES string of the molecule is CCCN=C(NN)N1CC(C)CC1C. The first-order valence-corrected chi connectivity index (χ1v) is 5.46. The molecule has 1 aliphatic rings. The maximum absolute atomic E-state index is 5.48. The van der Waals surface area contributed by atoms with Gasteiger partial charge in [0, 0.05) is 19.1 Å². The van der Waals surface area contributed by atoms with E-state index in [1.807, 2.05) is 0 Å². The average molecular weight is 198 g/mol. The van der Waals surface area contributed by atoms with E-state index < -0.39 is 0 Å². The minimum absolute atomic E-state index is 0.552. The summed E-state index contributed by atoms with van der Waals surface area (Å²) in [5.41, 5.74) is 2.71. The Morgan fingerprint density at radius 3 is 2.71 bits per heavy atom. The number of hydrogen-bond donors (Lipinski definition) is 2. The van der Waals surface area contributed by atoms with E-state index in [1.165, 1.54) is 6.42 Å². The zero-order valence-electron chi connectivity index (χ0n) is 9.45. The molecule has 0 aromatic heterocycles. The lowest BCUT2D eigenvalue weighted by atomic mass is 10.1. The van der Waals surface area contributed by atoms with Crippen molar-refractivity contribution in [1.82, 2.24) is 10.3 Å². The Labute approximate surface area is 86.5 Å². The number of guanidine groups is 1. The molecule has 0 amide bonds. The van der Waals surface area contributed by atoms with Gasteiger partial charge in [-0.1, -0.05) is 13.8 Å². The van der Waals surface area contributed by atoms with Crippen molar-refractivity contribution in [2.45, 2.75) is 39.7 Å². The third-order valence-electron chi connectivity index (χ3n) is 2.67. The molecule has 1 rings (SSSR count). The number of aliphatic imine (C=N–C) groups is 1. The van der Waals surface area contributed by atoms with E-state index in [0.29, 0.717) is 6.04 Å². The van der Waals surface area contributed by atoms with Crippen LogP contribution in [-0.4, -0.2) is 30.0 Å². The first kappa shape index (κ1) is 11.3.